The van der Waals surface area contributed by atoms with Gasteiger partial charge in [-0.1, -0.05) is 5.92 Å². The molecule has 1 amide bonds. The number of anilines is 1. The van der Waals surface area contributed by atoms with E-state index in [4.69, 9.17) is 12.2 Å². The number of terminal acetylenes is 1. The second-order valence-electron chi connectivity index (χ2n) is 3.28. The van der Waals surface area contributed by atoms with Crippen LogP contribution in [0.1, 0.15) is 10.4 Å². The summed E-state index contributed by atoms with van der Waals surface area (Å²) in [5, 5.41) is 12.0. The highest BCUT2D eigenvalue weighted by molar-refractivity contribution is 7.99. The van der Waals surface area contributed by atoms with Gasteiger partial charge in [-0.15, -0.1) is 18.2 Å². The molecule has 0 fully saturated rings. The molecule has 5 heteroatoms. The number of phenols is 1. The Bertz CT molecular complexity index is 441. The Balaban J connectivity index is 2.47. The van der Waals surface area contributed by atoms with Gasteiger partial charge in [0.25, 0.3) is 5.91 Å². The summed E-state index contributed by atoms with van der Waals surface area (Å²) in [6.45, 7) is 0.514. The molecule has 0 aliphatic heterocycles. The molecule has 0 bridgehead atoms. The van der Waals surface area contributed by atoms with Crippen molar-refractivity contribution in [2.24, 2.45) is 0 Å². The van der Waals surface area contributed by atoms with E-state index < -0.39 is 0 Å². The van der Waals surface area contributed by atoms with Crippen molar-refractivity contribution in [3.05, 3.63) is 23.8 Å². The van der Waals surface area contributed by atoms with E-state index in [2.05, 4.69) is 11.2 Å². The molecule has 0 saturated heterocycles. The highest BCUT2D eigenvalue weighted by Crippen LogP contribution is 2.18. The molecule has 1 aromatic carbocycles. The number of phenolic OH excluding ortho intramolecular Hbond substituents is 1. The van der Waals surface area contributed by atoms with Crippen molar-refractivity contribution in [1.82, 2.24) is 5.32 Å². The maximum absolute atomic E-state index is 11.7. The molecule has 4 nitrogen and oxygen atoms in total. The van der Waals surface area contributed by atoms with Crippen molar-refractivity contribution in [2.75, 3.05) is 23.8 Å². The van der Waals surface area contributed by atoms with Gasteiger partial charge in [0.15, 0.2) is 0 Å². The molecule has 0 radical (unpaired) electrons. The zero-order chi connectivity index (χ0) is 12.7. The van der Waals surface area contributed by atoms with E-state index in [1.807, 2.05) is 0 Å². The standard InChI is InChI=1S/C12H14N2O2S/c1-2-6-17-7-5-14-12(16)10-8-9(15)3-4-11(10)13/h1,3-4,8,15H,5-7,13H2,(H,14,16). The molecule has 17 heavy (non-hydrogen) atoms. The van der Waals surface area contributed by atoms with Crippen LogP contribution in [0.2, 0.25) is 0 Å². The van der Waals surface area contributed by atoms with Crippen LogP contribution in [0, 0.1) is 12.3 Å². The van der Waals surface area contributed by atoms with Gasteiger partial charge in [-0.05, 0) is 18.2 Å². The molecule has 1 aromatic rings. The minimum Gasteiger partial charge on any atom is -0.508 e. The Morgan fingerprint density at radius 2 is 2.35 bits per heavy atom. The first kappa shape index (κ1) is 13.3. The van der Waals surface area contributed by atoms with Crippen LogP contribution in [0.25, 0.3) is 0 Å². The first-order valence-electron chi connectivity index (χ1n) is 5.03. The van der Waals surface area contributed by atoms with Crippen molar-refractivity contribution >= 4 is 23.4 Å². The van der Waals surface area contributed by atoms with E-state index in [1.54, 1.807) is 11.8 Å². The molecular weight excluding hydrogens is 236 g/mol. The van der Waals surface area contributed by atoms with E-state index in [0.29, 0.717) is 18.0 Å². The Morgan fingerprint density at radius 3 is 3.06 bits per heavy atom. The fourth-order valence-electron chi connectivity index (χ4n) is 1.20. The third-order valence-electron chi connectivity index (χ3n) is 2.00. The van der Waals surface area contributed by atoms with Crippen LogP contribution < -0.4 is 11.1 Å². The summed E-state index contributed by atoms with van der Waals surface area (Å²) in [6, 6.07) is 4.28. The van der Waals surface area contributed by atoms with Gasteiger partial charge in [-0.25, -0.2) is 0 Å². The number of nitrogens with two attached hydrogens (primary N) is 1. The van der Waals surface area contributed by atoms with Gasteiger partial charge in [-0.3, -0.25) is 4.79 Å². The SMILES string of the molecule is C#CCSCCNC(=O)c1cc(O)ccc1N. The molecule has 90 valence electrons. The lowest BCUT2D eigenvalue weighted by atomic mass is 10.1. The number of benzene rings is 1. The van der Waals surface area contributed by atoms with Crippen molar-refractivity contribution in [3.63, 3.8) is 0 Å². The molecule has 0 aliphatic carbocycles. The van der Waals surface area contributed by atoms with E-state index >= 15 is 0 Å². The summed E-state index contributed by atoms with van der Waals surface area (Å²) in [7, 11) is 0. The molecule has 0 atom stereocenters. The maximum Gasteiger partial charge on any atom is 0.253 e. The Labute approximate surface area is 105 Å². The van der Waals surface area contributed by atoms with Crippen molar-refractivity contribution < 1.29 is 9.90 Å². The second kappa shape index (κ2) is 6.71. The molecule has 4 N–H and O–H groups in total. The maximum atomic E-state index is 11.7. The van der Waals surface area contributed by atoms with Gasteiger partial charge in [0.2, 0.25) is 0 Å². The van der Waals surface area contributed by atoms with Gasteiger partial charge < -0.3 is 16.2 Å². The highest BCUT2D eigenvalue weighted by Gasteiger charge is 2.09. The van der Waals surface area contributed by atoms with E-state index in [9.17, 15) is 9.90 Å². The first-order chi connectivity index (χ1) is 8.15. The summed E-state index contributed by atoms with van der Waals surface area (Å²) < 4.78 is 0. The second-order valence-corrected chi connectivity index (χ2v) is 4.39. The average molecular weight is 250 g/mol. The van der Waals surface area contributed by atoms with E-state index in [0.717, 1.165) is 5.75 Å². The lowest BCUT2D eigenvalue weighted by molar-refractivity contribution is 0.0956. The minimum atomic E-state index is -0.292. The van der Waals surface area contributed by atoms with Gasteiger partial charge in [0.05, 0.1) is 11.3 Å². The quantitative estimate of drug-likeness (QED) is 0.316. The third-order valence-corrected chi connectivity index (χ3v) is 2.86. The van der Waals surface area contributed by atoms with Crippen LogP contribution in [0.4, 0.5) is 5.69 Å². The topological polar surface area (TPSA) is 75.3 Å². The molecular formula is C12H14N2O2S. The average Bonchev–Trinajstić information content (AvgIpc) is 2.32. The Hall–Kier alpha value is -1.80. The summed E-state index contributed by atoms with van der Waals surface area (Å²) in [4.78, 5) is 11.7. The predicted molar refractivity (Wildman–Crippen MR) is 71.0 cm³/mol. The van der Waals surface area contributed by atoms with E-state index in [1.165, 1.54) is 18.2 Å². The van der Waals surface area contributed by atoms with Crippen LogP contribution in [-0.4, -0.2) is 29.1 Å². The van der Waals surface area contributed by atoms with Crippen molar-refractivity contribution in [3.8, 4) is 18.1 Å². The molecule has 0 unspecified atom stereocenters. The van der Waals surface area contributed by atoms with Crippen molar-refractivity contribution in [2.45, 2.75) is 0 Å². The predicted octanol–water partition coefficient (Wildman–Crippen LogP) is 1.07. The van der Waals surface area contributed by atoms with Crippen LogP contribution >= 0.6 is 11.8 Å². The number of carbonyl (C=O) groups is 1. The number of carbonyl (C=O) groups excluding carboxylic acids is 1. The normalized spacial score (nSPS) is 9.59. The molecule has 0 heterocycles. The fraction of sp³-hybridized carbons (Fsp3) is 0.250. The molecule has 0 aromatic heterocycles. The Kier molecular flexibility index (Phi) is 5.24. The lowest BCUT2D eigenvalue weighted by Crippen LogP contribution is -2.26. The monoisotopic (exact) mass is 250 g/mol. The number of rotatable bonds is 5. The Morgan fingerprint density at radius 1 is 1.59 bits per heavy atom. The number of nitrogen functional groups attached to an aromatic ring is 1. The third kappa shape index (κ3) is 4.29. The zero-order valence-corrected chi connectivity index (χ0v) is 10.1. The number of amides is 1. The van der Waals surface area contributed by atoms with Crippen LogP contribution in [0.15, 0.2) is 18.2 Å². The zero-order valence-electron chi connectivity index (χ0n) is 9.27. The van der Waals surface area contributed by atoms with Gasteiger partial charge in [0.1, 0.15) is 5.75 Å². The number of thioether (sulfide) groups is 1. The summed E-state index contributed by atoms with van der Waals surface area (Å²) >= 11 is 1.57. The first-order valence-corrected chi connectivity index (χ1v) is 6.18. The van der Waals surface area contributed by atoms with Gasteiger partial charge >= 0.3 is 0 Å². The van der Waals surface area contributed by atoms with Gasteiger partial charge in [-0.2, -0.15) is 0 Å². The molecule has 0 saturated carbocycles. The lowest BCUT2D eigenvalue weighted by Gasteiger charge is -2.07. The number of hydrogen-bond acceptors (Lipinski definition) is 4. The van der Waals surface area contributed by atoms with E-state index in [-0.39, 0.29) is 17.2 Å². The molecule has 1 rings (SSSR count). The largest absolute Gasteiger partial charge is 0.508 e. The summed E-state index contributed by atoms with van der Waals surface area (Å²) in [5.74, 6) is 3.60. The minimum absolute atomic E-state index is 0.0195. The number of aromatic hydroxyl groups is 1. The van der Waals surface area contributed by atoms with Crippen LogP contribution in [0.3, 0.4) is 0 Å². The molecule has 0 spiro atoms. The smallest absolute Gasteiger partial charge is 0.253 e. The van der Waals surface area contributed by atoms with Crippen LogP contribution in [-0.2, 0) is 0 Å². The molecule has 0 aliphatic rings. The highest BCUT2D eigenvalue weighted by atomic mass is 32.2. The number of nitrogens with one attached hydrogen (secondary N) is 1. The summed E-state index contributed by atoms with van der Waals surface area (Å²) in [6.07, 6.45) is 5.10. The summed E-state index contributed by atoms with van der Waals surface area (Å²) in [5.41, 5.74) is 6.27. The van der Waals surface area contributed by atoms with Gasteiger partial charge in [0, 0.05) is 18.0 Å². The van der Waals surface area contributed by atoms with Crippen LogP contribution in [0.5, 0.6) is 5.75 Å². The number of hydrogen-bond donors (Lipinski definition) is 3. The fourth-order valence-corrected chi connectivity index (χ4v) is 1.71. The van der Waals surface area contributed by atoms with Crippen molar-refractivity contribution in [1.29, 1.82) is 0 Å².